The first-order valence-electron chi connectivity index (χ1n) is 6.73. The summed E-state index contributed by atoms with van der Waals surface area (Å²) in [6.45, 7) is 3.50. The fourth-order valence-corrected chi connectivity index (χ4v) is 3.20. The summed E-state index contributed by atoms with van der Waals surface area (Å²) >= 11 is 0. The van der Waals surface area contributed by atoms with Gasteiger partial charge < -0.3 is 9.52 Å². The molecule has 6 nitrogen and oxygen atoms in total. The molecule has 110 valence electrons. The van der Waals surface area contributed by atoms with Gasteiger partial charge in [-0.05, 0) is 31.5 Å². The van der Waals surface area contributed by atoms with Gasteiger partial charge in [-0.2, -0.15) is 0 Å². The van der Waals surface area contributed by atoms with Crippen LogP contribution in [0.4, 0.5) is 0 Å². The molecule has 0 unspecified atom stereocenters. The van der Waals surface area contributed by atoms with Crippen LogP contribution >= 0.6 is 0 Å². The maximum Gasteiger partial charge on any atom is 0.276 e. The molecule has 22 heavy (non-hydrogen) atoms. The lowest BCUT2D eigenvalue weighted by Gasteiger charge is -2.06. The van der Waals surface area contributed by atoms with Crippen molar-refractivity contribution in [2.45, 2.75) is 13.8 Å². The minimum absolute atomic E-state index is 0.0923. The molecule has 0 spiro atoms. The number of rotatable bonds is 0. The maximum atomic E-state index is 12.2. The molecule has 3 aromatic rings. The van der Waals surface area contributed by atoms with E-state index in [4.69, 9.17) is 10.3 Å². The van der Waals surface area contributed by atoms with Crippen molar-refractivity contribution < 1.29 is 19.1 Å². The number of hydrogen-bond donors (Lipinski definition) is 2. The first kappa shape index (κ1) is 12.8. The van der Waals surface area contributed by atoms with Gasteiger partial charge in [-0.25, -0.2) is 10.9 Å². The molecule has 3 N–H and O–H groups in total. The molecule has 2 aromatic carbocycles. The number of imide groups is 1. The Kier molecular flexibility index (Phi) is 2.26. The highest BCUT2D eigenvalue weighted by atomic mass is 16.3. The molecular weight excluding hydrogens is 284 g/mol. The van der Waals surface area contributed by atoms with E-state index in [0.29, 0.717) is 38.4 Å². The number of benzene rings is 2. The van der Waals surface area contributed by atoms with Crippen LogP contribution in [0.25, 0.3) is 21.9 Å². The predicted molar refractivity (Wildman–Crippen MR) is 79.5 cm³/mol. The zero-order valence-corrected chi connectivity index (χ0v) is 11.9. The molecule has 0 bridgehead atoms. The number of aryl methyl sites for hydroxylation is 2. The van der Waals surface area contributed by atoms with Crippen LogP contribution < -0.4 is 5.84 Å². The Bertz CT molecular complexity index is 1020. The summed E-state index contributed by atoms with van der Waals surface area (Å²) in [5.41, 5.74) is 2.90. The number of nitrogens with zero attached hydrogens (tertiary/aromatic N) is 1. The lowest BCUT2D eigenvalue weighted by atomic mass is 9.94. The molecule has 1 aliphatic heterocycles. The Morgan fingerprint density at radius 2 is 1.73 bits per heavy atom. The number of hydrogen-bond acceptors (Lipinski definition) is 5. The zero-order valence-electron chi connectivity index (χ0n) is 11.9. The second-order valence-electron chi connectivity index (χ2n) is 5.47. The SMILES string of the molecule is Cc1c2c(c(C)c3c1oc1cc(O)ccc13)C(=O)N(N)C2=O. The number of carbonyl (C=O) groups is 2. The summed E-state index contributed by atoms with van der Waals surface area (Å²) in [6.07, 6.45) is 0. The van der Waals surface area contributed by atoms with Gasteiger partial charge in [-0.15, -0.1) is 0 Å². The number of carbonyl (C=O) groups excluding carboxylic acids is 2. The van der Waals surface area contributed by atoms with Gasteiger partial charge in [0.2, 0.25) is 0 Å². The van der Waals surface area contributed by atoms with Gasteiger partial charge >= 0.3 is 0 Å². The summed E-state index contributed by atoms with van der Waals surface area (Å²) in [6, 6.07) is 4.80. The summed E-state index contributed by atoms with van der Waals surface area (Å²) in [7, 11) is 0. The van der Waals surface area contributed by atoms with Crippen molar-refractivity contribution in [3.63, 3.8) is 0 Å². The summed E-state index contributed by atoms with van der Waals surface area (Å²) in [5.74, 6) is 4.61. The van der Waals surface area contributed by atoms with E-state index in [1.54, 1.807) is 26.0 Å². The van der Waals surface area contributed by atoms with Crippen LogP contribution in [0.3, 0.4) is 0 Å². The second kappa shape index (κ2) is 3.86. The largest absolute Gasteiger partial charge is 0.508 e. The van der Waals surface area contributed by atoms with Crippen LogP contribution in [0, 0.1) is 13.8 Å². The van der Waals surface area contributed by atoms with Crippen LogP contribution in [-0.2, 0) is 0 Å². The fraction of sp³-hybridized carbons (Fsp3) is 0.125. The van der Waals surface area contributed by atoms with Crippen molar-refractivity contribution in [1.82, 2.24) is 5.01 Å². The third kappa shape index (κ3) is 1.32. The van der Waals surface area contributed by atoms with Gasteiger partial charge in [0.25, 0.3) is 11.8 Å². The molecule has 1 aromatic heterocycles. The van der Waals surface area contributed by atoms with Gasteiger partial charge in [-0.1, -0.05) is 0 Å². The van der Waals surface area contributed by atoms with Crippen LogP contribution in [0.2, 0.25) is 0 Å². The molecule has 0 saturated heterocycles. The van der Waals surface area contributed by atoms with E-state index in [0.717, 1.165) is 10.8 Å². The smallest absolute Gasteiger partial charge is 0.276 e. The quantitative estimate of drug-likeness (QED) is 0.377. The van der Waals surface area contributed by atoms with E-state index in [1.807, 2.05) is 0 Å². The first-order chi connectivity index (χ1) is 10.4. The average molecular weight is 296 g/mol. The molecule has 0 atom stereocenters. The number of hydrazine groups is 1. The normalized spacial score (nSPS) is 14.4. The summed E-state index contributed by atoms with van der Waals surface area (Å²) < 4.78 is 5.81. The van der Waals surface area contributed by atoms with Crippen molar-refractivity contribution in [3.05, 3.63) is 40.5 Å². The average Bonchev–Trinajstić information content (AvgIpc) is 2.96. The number of nitrogens with two attached hydrogens (primary N) is 1. The Morgan fingerprint density at radius 1 is 1.09 bits per heavy atom. The Morgan fingerprint density at radius 3 is 2.41 bits per heavy atom. The molecule has 6 heteroatoms. The molecule has 2 amide bonds. The fourth-order valence-electron chi connectivity index (χ4n) is 3.20. The number of phenols is 1. The number of furan rings is 1. The topological polar surface area (TPSA) is 96.8 Å². The molecule has 1 aliphatic rings. The Labute approximate surface area is 124 Å². The Hall–Kier alpha value is -2.86. The van der Waals surface area contributed by atoms with Gasteiger partial charge in [-0.3, -0.25) is 9.59 Å². The van der Waals surface area contributed by atoms with E-state index < -0.39 is 11.8 Å². The van der Waals surface area contributed by atoms with Crippen LogP contribution in [-0.4, -0.2) is 21.9 Å². The van der Waals surface area contributed by atoms with Crippen molar-refractivity contribution in [2.24, 2.45) is 5.84 Å². The second-order valence-corrected chi connectivity index (χ2v) is 5.47. The lowest BCUT2D eigenvalue weighted by molar-refractivity contribution is 0.0653. The third-order valence-corrected chi connectivity index (χ3v) is 4.25. The molecule has 0 radical (unpaired) electrons. The molecule has 4 rings (SSSR count). The van der Waals surface area contributed by atoms with Gasteiger partial charge in [0.1, 0.15) is 16.9 Å². The highest BCUT2D eigenvalue weighted by molar-refractivity contribution is 6.26. The highest BCUT2D eigenvalue weighted by Gasteiger charge is 2.38. The van der Waals surface area contributed by atoms with Crippen molar-refractivity contribution in [2.75, 3.05) is 0 Å². The standard InChI is InChI=1S/C16H12N2O4/c1-6-11-9-4-3-8(19)5-10(9)22-14(11)7(2)13-12(6)15(20)18(17)16(13)21/h3-5,19H,17H2,1-2H3. The van der Waals surface area contributed by atoms with E-state index in [1.165, 1.54) is 6.07 Å². The van der Waals surface area contributed by atoms with E-state index in [9.17, 15) is 14.7 Å². The first-order valence-corrected chi connectivity index (χ1v) is 6.73. The molecule has 2 heterocycles. The van der Waals surface area contributed by atoms with Crippen molar-refractivity contribution in [3.8, 4) is 5.75 Å². The number of amides is 2. The number of aromatic hydroxyl groups is 1. The summed E-state index contributed by atoms with van der Waals surface area (Å²) in [5, 5.41) is 11.8. The minimum atomic E-state index is -0.522. The van der Waals surface area contributed by atoms with Crippen molar-refractivity contribution >= 4 is 33.8 Å². The summed E-state index contributed by atoms with van der Waals surface area (Å²) in [4.78, 5) is 24.4. The Balaban J connectivity index is 2.26. The van der Waals surface area contributed by atoms with Gasteiger partial charge in [0, 0.05) is 22.4 Å². The third-order valence-electron chi connectivity index (χ3n) is 4.25. The molecular formula is C16H12N2O4. The predicted octanol–water partition coefficient (Wildman–Crippen LogP) is 2.38. The minimum Gasteiger partial charge on any atom is -0.508 e. The van der Waals surface area contributed by atoms with Crippen molar-refractivity contribution in [1.29, 1.82) is 0 Å². The van der Waals surface area contributed by atoms with Crippen LogP contribution in [0.15, 0.2) is 22.6 Å². The van der Waals surface area contributed by atoms with Crippen LogP contribution in [0.5, 0.6) is 5.75 Å². The van der Waals surface area contributed by atoms with Crippen LogP contribution in [0.1, 0.15) is 31.8 Å². The number of fused-ring (bicyclic) bond motifs is 4. The van der Waals surface area contributed by atoms with E-state index in [-0.39, 0.29) is 5.75 Å². The maximum absolute atomic E-state index is 12.2. The van der Waals surface area contributed by atoms with Gasteiger partial charge in [0.05, 0.1) is 11.1 Å². The highest BCUT2D eigenvalue weighted by Crippen LogP contribution is 2.40. The van der Waals surface area contributed by atoms with E-state index >= 15 is 0 Å². The molecule has 0 fully saturated rings. The monoisotopic (exact) mass is 296 g/mol. The lowest BCUT2D eigenvalue weighted by Crippen LogP contribution is -2.36. The molecule has 0 aliphatic carbocycles. The molecule has 0 saturated carbocycles. The zero-order chi connectivity index (χ0) is 15.8. The van der Waals surface area contributed by atoms with Gasteiger partial charge in [0.15, 0.2) is 0 Å². The van der Waals surface area contributed by atoms with E-state index in [2.05, 4.69) is 0 Å². The number of phenolic OH excluding ortho intramolecular Hbond substituents is 1.